The van der Waals surface area contributed by atoms with Crippen molar-refractivity contribution in [1.29, 1.82) is 0 Å². The van der Waals surface area contributed by atoms with E-state index in [0.29, 0.717) is 10.5 Å². The molecule has 0 aliphatic rings. The molecule has 0 saturated heterocycles. The molecule has 0 aromatic heterocycles. The molecule has 0 aliphatic heterocycles. The zero-order chi connectivity index (χ0) is 11.4. The smallest absolute Gasteiger partial charge is 0.264 e. The Balaban J connectivity index is 3.00. The Morgan fingerprint density at radius 2 is 2.13 bits per heavy atom. The average Bonchev–Trinajstić information content (AvgIpc) is 2.20. The Kier molecular flexibility index (Phi) is 4.54. The molecule has 0 bridgehead atoms. The molecule has 0 spiro atoms. The summed E-state index contributed by atoms with van der Waals surface area (Å²) in [4.78, 5) is 11.5. The van der Waals surface area contributed by atoms with Gasteiger partial charge in [0.25, 0.3) is 6.43 Å². The number of ketones is 1. The molecule has 82 valence electrons. The molecule has 1 nitrogen and oxygen atoms in total. The van der Waals surface area contributed by atoms with Crippen molar-refractivity contribution in [2.24, 2.45) is 0 Å². The van der Waals surface area contributed by atoms with E-state index in [2.05, 4.69) is 12.6 Å². The molecular weight excluding hydrogens is 242 g/mol. The summed E-state index contributed by atoms with van der Waals surface area (Å²) in [6, 6.07) is 4.32. The van der Waals surface area contributed by atoms with Crippen LogP contribution in [0.25, 0.3) is 0 Å². The van der Waals surface area contributed by atoms with Crippen LogP contribution < -0.4 is 0 Å². The van der Waals surface area contributed by atoms with Crippen LogP contribution in [-0.4, -0.2) is 11.7 Å². The third-order valence-corrected chi connectivity index (χ3v) is 2.48. The van der Waals surface area contributed by atoms with E-state index in [1.807, 2.05) is 0 Å². The second kappa shape index (κ2) is 5.47. The van der Waals surface area contributed by atoms with Gasteiger partial charge in [-0.15, -0.1) is 24.2 Å². The Morgan fingerprint density at radius 3 is 2.67 bits per heavy atom. The van der Waals surface area contributed by atoms with Crippen molar-refractivity contribution in [2.45, 2.75) is 17.7 Å². The summed E-state index contributed by atoms with van der Waals surface area (Å²) in [6.45, 7) is 0. The van der Waals surface area contributed by atoms with Gasteiger partial charge in [-0.25, -0.2) is 8.78 Å². The maximum absolute atomic E-state index is 12.6. The SMILES string of the molecule is O=C(CCl)Cc1ccc(S)cc1C(F)F. The minimum absolute atomic E-state index is 0.0583. The van der Waals surface area contributed by atoms with Crippen molar-refractivity contribution >= 4 is 30.0 Å². The molecule has 1 aromatic carbocycles. The highest BCUT2D eigenvalue weighted by Gasteiger charge is 2.15. The standard InChI is InChI=1S/C10H9ClF2OS/c11-5-7(14)3-6-1-2-8(15)4-9(6)10(12)13/h1-2,4,10,15H,3,5H2. The minimum Gasteiger partial charge on any atom is -0.298 e. The number of carbonyl (C=O) groups excluding carboxylic acids is 1. The van der Waals surface area contributed by atoms with Crippen molar-refractivity contribution in [3.05, 3.63) is 29.3 Å². The number of Topliss-reactive ketones (excluding diaryl/α,β-unsaturated/α-hetero) is 1. The minimum atomic E-state index is -2.60. The van der Waals surface area contributed by atoms with E-state index in [9.17, 15) is 13.6 Å². The van der Waals surface area contributed by atoms with Gasteiger partial charge in [0.05, 0.1) is 5.88 Å². The molecule has 0 unspecified atom stereocenters. The van der Waals surface area contributed by atoms with Crippen LogP contribution in [0.4, 0.5) is 8.78 Å². The average molecular weight is 251 g/mol. The highest BCUT2D eigenvalue weighted by atomic mass is 35.5. The quantitative estimate of drug-likeness (QED) is 0.641. The second-order valence-electron chi connectivity index (χ2n) is 3.03. The molecule has 0 aliphatic carbocycles. The monoisotopic (exact) mass is 250 g/mol. The lowest BCUT2D eigenvalue weighted by molar-refractivity contribution is -0.116. The Hall–Kier alpha value is -0.610. The van der Waals surface area contributed by atoms with E-state index < -0.39 is 6.43 Å². The van der Waals surface area contributed by atoms with Gasteiger partial charge in [0.15, 0.2) is 5.78 Å². The summed E-state index contributed by atoms with van der Waals surface area (Å²) >= 11 is 9.28. The predicted molar refractivity (Wildman–Crippen MR) is 58.1 cm³/mol. The van der Waals surface area contributed by atoms with Crippen LogP contribution in [0.5, 0.6) is 0 Å². The number of thiol groups is 1. The first-order valence-electron chi connectivity index (χ1n) is 4.22. The Bertz CT molecular complexity index is 368. The molecular formula is C10H9ClF2OS. The molecule has 0 fully saturated rings. The third-order valence-electron chi connectivity index (χ3n) is 1.90. The van der Waals surface area contributed by atoms with Crippen LogP contribution in [0.3, 0.4) is 0 Å². The van der Waals surface area contributed by atoms with E-state index >= 15 is 0 Å². The molecule has 0 atom stereocenters. The summed E-state index contributed by atoms with van der Waals surface area (Å²) in [7, 11) is 0. The van der Waals surface area contributed by atoms with E-state index in [-0.39, 0.29) is 23.6 Å². The maximum Gasteiger partial charge on any atom is 0.264 e. The summed E-state index contributed by atoms with van der Waals surface area (Å²) in [5.74, 6) is -0.434. The predicted octanol–water partition coefficient (Wildman–Crippen LogP) is 3.26. The van der Waals surface area contributed by atoms with Gasteiger partial charge in [-0.05, 0) is 17.7 Å². The topological polar surface area (TPSA) is 17.1 Å². The van der Waals surface area contributed by atoms with Gasteiger partial charge in [0, 0.05) is 16.9 Å². The molecule has 1 rings (SSSR count). The lowest BCUT2D eigenvalue weighted by Gasteiger charge is -2.08. The highest BCUT2D eigenvalue weighted by molar-refractivity contribution is 7.80. The first-order valence-corrected chi connectivity index (χ1v) is 5.20. The van der Waals surface area contributed by atoms with Crippen LogP contribution in [0.15, 0.2) is 23.1 Å². The molecule has 0 radical (unpaired) electrons. The summed E-state index contributed by atoms with van der Waals surface area (Å²) in [6.07, 6.45) is -2.66. The molecule has 15 heavy (non-hydrogen) atoms. The number of alkyl halides is 3. The second-order valence-corrected chi connectivity index (χ2v) is 3.82. The lowest BCUT2D eigenvalue weighted by atomic mass is 10.0. The van der Waals surface area contributed by atoms with Crippen molar-refractivity contribution < 1.29 is 13.6 Å². The summed E-state index contributed by atoms with van der Waals surface area (Å²) in [5, 5.41) is 0. The van der Waals surface area contributed by atoms with E-state index in [0.717, 1.165) is 0 Å². The molecule has 0 saturated carbocycles. The number of halogens is 3. The third kappa shape index (κ3) is 3.47. The normalized spacial score (nSPS) is 10.7. The van der Waals surface area contributed by atoms with E-state index in [1.54, 1.807) is 6.07 Å². The van der Waals surface area contributed by atoms with Gasteiger partial charge in [-0.1, -0.05) is 6.07 Å². The van der Waals surface area contributed by atoms with E-state index in [1.165, 1.54) is 12.1 Å². The van der Waals surface area contributed by atoms with Crippen LogP contribution in [-0.2, 0) is 11.2 Å². The van der Waals surface area contributed by atoms with Gasteiger partial charge in [0.2, 0.25) is 0 Å². The molecule has 0 amide bonds. The maximum atomic E-state index is 12.6. The van der Waals surface area contributed by atoms with Crippen molar-refractivity contribution in [2.75, 3.05) is 5.88 Å². The van der Waals surface area contributed by atoms with Crippen LogP contribution >= 0.6 is 24.2 Å². The van der Waals surface area contributed by atoms with Crippen LogP contribution in [0.1, 0.15) is 17.6 Å². The first-order chi connectivity index (χ1) is 7.04. The number of hydrogen-bond acceptors (Lipinski definition) is 2. The first kappa shape index (κ1) is 12.5. The largest absolute Gasteiger partial charge is 0.298 e. The number of rotatable bonds is 4. The Morgan fingerprint density at radius 1 is 1.47 bits per heavy atom. The number of benzene rings is 1. The van der Waals surface area contributed by atoms with Gasteiger partial charge >= 0.3 is 0 Å². The molecule has 0 N–H and O–H groups in total. The van der Waals surface area contributed by atoms with Crippen LogP contribution in [0.2, 0.25) is 0 Å². The van der Waals surface area contributed by atoms with Gasteiger partial charge in [-0.3, -0.25) is 4.79 Å². The van der Waals surface area contributed by atoms with Crippen LogP contribution in [0, 0.1) is 0 Å². The zero-order valence-electron chi connectivity index (χ0n) is 7.71. The molecule has 1 aromatic rings. The Labute approximate surface area is 96.8 Å². The zero-order valence-corrected chi connectivity index (χ0v) is 9.36. The lowest BCUT2D eigenvalue weighted by Crippen LogP contribution is -2.06. The fraction of sp³-hybridized carbons (Fsp3) is 0.300. The number of carbonyl (C=O) groups is 1. The highest BCUT2D eigenvalue weighted by Crippen LogP contribution is 2.26. The van der Waals surface area contributed by atoms with Gasteiger partial charge < -0.3 is 0 Å². The fourth-order valence-electron chi connectivity index (χ4n) is 1.21. The number of hydrogen-bond donors (Lipinski definition) is 1. The molecule has 0 heterocycles. The van der Waals surface area contributed by atoms with Crippen molar-refractivity contribution in [3.8, 4) is 0 Å². The van der Waals surface area contributed by atoms with Gasteiger partial charge in [-0.2, -0.15) is 0 Å². The van der Waals surface area contributed by atoms with E-state index in [4.69, 9.17) is 11.6 Å². The van der Waals surface area contributed by atoms with Crippen molar-refractivity contribution in [3.63, 3.8) is 0 Å². The summed E-state index contributed by atoms with van der Waals surface area (Å²) < 4.78 is 25.2. The summed E-state index contributed by atoms with van der Waals surface area (Å²) in [5.41, 5.74) is 0.161. The van der Waals surface area contributed by atoms with Gasteiger partial charge in [0.1, 0.15) is 0 Å². The molecule has 5 heteroatoms. The van der Waals surface area contributed by atoms with Crippen molar-refractivity contribution in [1.82, 2.24) is 0 Å². The fourth-order valence-corrected chi connectivity index (χ4v) is 1.51.